The van der Waals surface area contributed by atoms with E-state index in [9.17, 15) is 35.6 Å². The zero-order chi connectivity index (χ0) is 27.2. The molecule has 3 amide bonds. The van der Waals surface area contributed by atoms with Gasteiger partial charge in [0, 0.05) is 58.4 Å². The van der Waals surface area contributed by atoms with Crippen LogP contribution in [0.5, 0.6) is 0 Å². The molecule has 2 fully saturated rings. The monoisotopic (exact) mass is 550 g/mol. The van der Waals surface area contributed by atoms with Gasteiger partial charge in [0.15, 0.2) is 23.3 Å². The normalized spacial score (nSPS) is 20.4. The molecule has 2 aliphatic rings. The number of benzene rings is 1. The highest BCUT2D eigenvalue weighted by Gasteiger charge is 2.44. The third-order valence-electron chi connectivity index (χ3n) is 6.84. The molecule has 1 atom stereocenters. The average molecular weight is 551 g/mol. The van der Waals surface area contributed by atoms with Crippen molar-refractivity contribution in [1.29, 1.82) is 0 Å². The Labute approximate surface area is 209 Å². The maximum Gasteiger partial charge on any atom is 0.319 e. The number of nitrogens with one attached hydrogen (secondary N) is 2. The summed E-state index contributed by atoms with van der Waals surface area (Å²) >= 11 is 0. The highest BCUT2D eigenvalue weighted by Crippen LogP contribution is 2.37. The zero-order valence-corrected chi connectivity index (χ0v) is 20.8. The fraction of sp³-hybridized carbons (Fsp3) is 0.524. The third kappa shape index (κ3) is 4.62. The quantitative estimate of drug-likeness (QED) is 0.174. The van der Waals surface area contributed by atoms with E-state index in [0.29, 0.717) is 0 Å². The summed E-state index contributed by atoms with van der Waals surface area (Å²) in [5, 5.41) is 8.74. The number of fused-ring (bicyclic) bond motifs is 1. The van der Waals surface area contributed by atoms with E-state index in [2.05, 4.69) is 4.98 Å². The van der Waals surface area contributed by atoms with Gasteiger partial charge in [-0.25, -0.2) is 27.8 Å². The van der Waals surface area contributed by atoms with Crippen LogP contribution in [0.2, 0.25) is 0 Å². The number of hydrogen-bond acceptors (Lipinski definition) is 5. The van der Waals surface area contributed by atoms with Crippen molar-refractivity contribution in [3.63, 3.8) is 0 Å². The summed E-state index contributed by atoms with van der Waals surface area (Å²) in [4.78, 5) is 29.7. The fourth-order valence-electron chi connectivity index (χ4n) is 4.92. The topological polar surface area (TPSA) is 129 Å². The maximum atomic E-state index is 14.5. The van der Waals surface area contributed by atoms with Crippen LogP contribution >= 0.6 is 0 Å². The fourth-order valence-corrected chi connectivity index (χ4v) is 6.68. The van der Waals surface area contributed by atoms with Crippen LogP contribution in [0.1, 0.15) is 24.3 Å². The van der Waals surface area contributed by atoms with Crippen molar-refractivity contribution in [2.45, 2.75) is 24.8 Å². The number of urea groups is 1. The van der Waals surface area contributed by atoms with Gasteiger partial charge >= 0.3 is 6.03 Å². The lowest BCUT2D eigenvalue weighted by atomic mass is 9.90. The van der Waals surface area contributed by atoms with E-state index in [0.717, 1.165) is 8.61 Å². The Morgan fingerprint density at radius 2 is 1.65 bits per heavy atom. The second-order valence-corrected chi connectivity index (χ2v) is 11.0. The van der Waals surface area contributed by atoms with Crippen LogP contribution in [0.15, 0.2) is 6.20 Å². The highest BCUT2D eigenvalue weighted by atomic mass is 32.2. The standard InChI is InChI=1S/C21H26F4N6O5S/c1-28(2)21(33)29-7-8-31(13(10-29)20(32)27-34)37(35,36)30-5-3-11(4-6-30)12-9-26-19-14(12)15(22)16(23)17(24)18(19)25/h9,11,13,26,34H,3-8,10H2,1-2H3,(H,27,32)/t13-/m1/s1. The lowest BCUT2D eigenvalue weighted by Crippen LogP contribution is -2.64. The summed E-state index contributed by atoms with van der Waals surface area (Å²) in [5.41, 5.74) is 1.14. The smallest absolute Gasteiger partial charge is 0.319 e. The molecule has 0 radical (unpaired) electrons. The largest absolute Gasteiger partial charge is 0.358 e. The number of aromatic amines is 1. The molecule has 3 N–H and O–H groups in total. The first kappa shape index (κ1) is 27.1. The molecule has 4 rings (SSSR count). The zero-order valence-electron chi connectivity index (χ0n) is 20.0. The number of nitrogens with zero attached hydrogens (tertiary/aromatic N) is 4. The first-order valence-electron chi connectivity index (χ1n) is 11.4. The van der Waals surface area contributed by atoms with E-state index >= 15 is 0 Å². The Morgan fingerprint density at radius 3 is 2.24 bits per heavy atom. The van der Waals surface area contributed by atoms with Crippen LogP contribution in [-0.2, 0) is 15.0 Å². The van der Waals surface area contributed by atoms with Gasteiger partial charge in [-0.05, 0) is 24.3 Å². The van der Waals surface area contributed by atoms with Gasteiger partial charge in [0.05, 0.1) is 5.52 Å². The molecule has 2 aliphatic heterocycles. The maximum absolute atomic E-state index is 14.5. The number of carbonyl (C=O) groups is 2. The number of piperidine rings is 1. The molecule has 0 saturated carbocycles. The Hall–Kier alpha value is -2.95. The van der Waals surface area contributed by atoms with Crippen molar-refractivity contribution in [3.05, 3.63) is 35.0 Å². The molecule has 37 heavy (non-hydrogen) atoms. The number of amides is 3. The molecule has 0 aliphatic carbocycles. The summed E-state index contributed by atoms with van der Waals surface area (Å²) < 4.78 is 85.0. The molecule has 16 heteroatoms. The van der Waals surface area contributed by atoms with Crippen LogP contribution in [0.25, 0.3) is 10.9 Å². The molecule has 1 aromatic heterocycles. The summed E-state index contributed by atoms with van der Waals surface area (Å²) in [6.07, 6.45) is 1.57. The van der Waals surface area contributed by atoms with Crippen molar-refractivity contribution < 1.29 is 40.8 Å². The van der Waals surface area contributed by atoms with Gasteiger partial charge in [-0.3, -0.25) is 10.0 Å². The molecule has 0 spiro atoms. The van der Waals surface area contributed by atoms with E-state index in [4.69, 9.17) is 5.21 Å². The van der Waals surface area contributed by atoms with Gasteiger partial charge in [-0.1, -0.05) is 0 Å². The lowest BCUT2D eigenvalue weighted by molar-refractivity contribution is -0.134. The van der Waals surface area contributed by atoms with Crippen molar-refractivity contribution in [2.75, 3.05) is 46.8 Å². The number of H-pyrrole nitrogens is 1. The van der Waals surface area contributed by atoms with Crippen molar-refractivity contribution in [3.8, 4) is 0 Å². The van der Waals surface area contributed by atoms with E-state index in [1.165, 1.54) is 35.6 Å². The average Bonchev–Trinajstić information content (AvgIpc) is 3.35. The van der Waals surface area contributed by atoms with E-state index in [1.54, 1.807) is 0 Å². The Balaban J connectivity index is 1.53. The predicted molar refractivity (Wildman–Crippen MR) is 122 cm³/mol. The van der Waals surface area contributed by atoms with Crippen LogP contribution in [-0.4, -0.2) is 102 Å². The molecule has 11 nitrogen and oxygen atoms in total. The number of aromatic nitrogens is 1. The molecule has 1 aromatic carbocycles. The second kappa shape index (κ2) is 10.1. The van der Waals surface area contributed by atoms with Gasteiger partial charge in [0.25, 0.3) is 16.1 Å². The minimum atomic E-state index is -4.23. The molecule has 0 unspecified atom stereocenters. The van der Waals surface area contributed by atoms with Gasteiger partial charge in [-0.2, -0.15) is 17.0 Å². The number of hydroxylamine groups is 1. The Bertz CT molecular complexity index is 1330. The molecular formula is C21H26F4N6O5S. The summed E-state index contributed by atoms with van der Waals surface area (Å²) in [6, 6.07) is -1.80. The van der Waals surface area contributed by atoms with Gasteiger partial charge in [-0.15, -0.1) is 0 Å². The van der Waals surface area contributed by atoms with E-state index in [-0.39, 0.29) is 51.1 Å². The predicted octanol–water partition coefficient (Wildman–Crippen LogP) is 1.32. The molecule has 204 valence electrons. The molecular weight excluding hydrogens is 524 g/mol. The number of hydrogen-bond donors (Lipinski definition) is 3. The first-order valence-corrected chi connectivity index (χ1v) is 12.8. The minimum Gasteiger partial charge on any atom is -0.358 e. The lowest BCUT2D eigenvalue weighted by Gasteiger charge is -2.42. The number of piperazine rings is 1. The van der Waals surface area contributed by atoms with E-state index < -0.39 is 68.3 Å². The van der Waals surface area contributed by atoms with Gasteiger partial charge < -0.3 is 14.8 Å². The summed E-state index contributed by atoms with van der Waals surface area (Å²) in [7, 11) is -1.21. The Kier molecular flexibility index (Phi) is 7.38. The van der Waals surface area contributed by atoms with Crippen molar-refractivity contribution in [1.82, 2.24) is 28.9 Å². The Morgan fingerprint density at radius 1 is 1.03 bits per heavy atom. The second-order valence-electron chi connectivity index (χ2n) is 9.16. The van der Waals surface area contributed by atoms with E-state index in [1.807, 2.05) is 0 Å². The van der Waals surface area contributed by atoms with Crippen LogP contribution in [0.3, 0.4) is 0 Å². The van der Waals surface area contributed by atoms with Gasteiger partial charge in [0.1, 0.15) is 6.04 Å². The molecule has 3 heterocycles. The number of carbonyl (C=O) groups excluding carboxylic acids is 2. The first-order chi connectivity index (χ1) is 17.4. The van der Waals surface area contributed by atoms with Crippen LogP contribution in [0, 0.1) is 23.3 Å². The number of halogens is 4. The molecule has 2 saturated heterocycles. The van der Waals surface area contributed by atoms with Crippen molar-refractivity contribution in [2.24, 2.45) is 0 Å². The van der Waals surface area contributed by atoms with Gasteiger partial charge in [0.2, 0.25) is 0 Å². The summed E-state index contributed by atoms with van der Waals surface area (Å²) in [6.45, 7) is -0.571. The highest BCUT2D eigenvalue weighted by molar-refractivity contribution is 7.86. The molecule has 0 bridgehead atoms. The number of rotatable bonds is 4. The minimum absolute atomic E-state index is 0.0181. The van der Waals surface area contributed by atoms with Crippen LogP contribution < -0.4 is 5.48 Å². The molecule has 2 aromatic rings. The van der Waals surface area contributed by atoms with Crippen LogP contribution in [0.4, 0.5) is 22.4 Å². The van der Waals surface area contributed by atoms with Crippen molar-refractivity contribution >= 4 is 33.1 Å². The summed E-state index contributed by atoms with van der Waals surface area (Å²) in [5.74, 6) is -8.40. The third-order valence-corrected chi connectivity index (χ3v) is 8.89. The SMILES string of the molecule is CN(C)C(=O)N1CCN(S(=O)(=O)N2CCC(c3c[nH]c4c(F)c(F)c(F)c(F)c34)CC2)[C@@H](C(=O)NO)C1.